The number of ether oxygens (including phenoxy) is 2. The molecule has 6 nitrogen and oxygen atoms in total. The van der Waals surface area contributed by atoms with Gasteiger partial charge in [-0.15, -0.1) is 0 Å². The second-order valence-corrected chi connectivity index (χ2v) is 13.0. The molecule has 1 N–H and O–H groups in total. The minimum absolute atomic E-state index is 0.0107. The van der Waals surface area contributed by atoms with E-state index in [1.165, 1.54) is 6.07 Å². The molecule has 3 fully saturated rings. The summed E-state index contributed by atoms with van der Waals surface area (Å²) in [4.78, 5) is 13.3. The predicted octanol–water partition coefficient (Wildman–Crippen LogP) is 8.10. The number of halogens is 3. The van der Waals surface area contributed by atoms with Crippen molar-refractivity contribution in [3.05, 3.63) is 87.5 Å². The van der Waals surface area contributed by atoms with Crippen LogP contribution in [-0.4, -0.2) is 29.3 Å². The third-order valence-electron chi connectivity index (χ3n) is 9.49. The molecule has 43 heavy (non-hydrogen) atoms. The fourth-order valence-electron chi connectivity index (χ4n) is 6.76. The van der Waals surface area contributed by atoms with Gasteiger partial charge in [0.25, 0.3) is 5.91 Å². The molecule has 7 rings (SSSR count). The summed E-state index contributed by atoms with van der Waals surface area (Å²) in [5, 5.41) is 9.00. The van der Waals surface area contributed by atoms with Gasteiger partial charge < -0.3 is 14.8 Å². The number of nitrogens with one attached hydrogen (secondary N) is 1. The molecule has 3 aliphatic carbocycles. The number of amides is 1. The van der Waals surface area contributed by atoms with Crippen LogP contribution in [0.2, 0.25) is 0 Å². The number of aryl methyl sites for hydroxylation is 1. The zero-order valence-corrected chi connectivity index (χ0v) is 26.1. The predicted molar refractivity (Wildman–Crippen MR) is 166 cm³/mol. The number of fused-ring (bicyclic) bond motifs is 4. The molecule has 226 valence electrons. The van der Waals surface area contributed by atoms with Crippen LogP contribution in [0.1, 0.15) is 73.4 Å². The summed E-state index contributed by atoms with van der Waals surface area (Å²) >= 11 is 3.53. The fourth-order valence-corrected chi connectivity index (χ4v) is 7.11. The van der Waals surface area contributed by atoms with Crippen molar-refractivity contribution in [1.29, 1.82) is 0 Å². The van der Waals surface area contributed by atoms with Crippen LogP contribution in [0.15, 0.2) is 59.2 Å². The molecule has 0 saturated heterocycles. The Kier molecular flexibility index (Phi) is 8.20. The molecule has 0 spiro atoms. The number of rotatable bonds is 10. The first-order valence-electron chi connectivity index (χ1n) is 14.9. The van der Waals surface area contributed by atoms with Gasteiger partial charge in [-0.25, -0.2) is 4.39 Å². The molecular formula is C34H36BrF2N3O3. The normalized spacial score (nSPS) is 21.2. The Balaban J connectivity index is 1.13. The van der Waals surface area contributed by atoms with E-state index >= 15 is 8.78 Å². The number of carbonyl (C=O) groups excluding carboxylic acids is 1. The Morgan fingerprint density at radius 2 is 1.74 bits per heavy atom. The van der Waals surface area contributed by atoms with Gasteiger partial charge in [0, 0.05) is 22.6 Å². The maximum absolute atomic E-state index is 15.4. The molecule has 9 heteroatoms. The molecule has 0 unspecified atom stereocenters. The van der Waals surface area contributed by atoms with Crippen LogP contribution in [0.25, 0.3) is 10.9 Å². The lowest BCUT2D eigenvalue weighted by molar-refractivity contribution is -0.00564. The maximum Gasteiger partial charge on any atom is 0.254 e. The molecule has 1 aromatic heterocycles. The highest BCUT2D eigenvalue weighted by molar-refractivity contribution is 9.10. The molecule has 0 radical (unpaired) electrons. The van der Waals surface area contributed by atoms with Crippen LogP contribution in [-0.2, 0) is 18.6 Å². The third-order valence-corrected chi connectivity index (χ3v) is 9.98. The molecule has 1 heterocycles. The number of benzene rings is 3. The van der Waals surface area contributed by atoms with Crippen molar-refractivity contribution in [2.45, 2.75) is 70.4 Å². The Morgan fingerprint density at radius 3 is 2.42 bits per heavy atom. The van der Waals surface area contributed by atoms with Gasteiger partial charge in [0.2, 0.25) is 5.82 Å². The summed E-state index contributed by atoms with van der Waals surface area (Å²) in [5.74, 6) is -2.33. The van der Waals surface area contributed by atoms with Crippen molar-refractivity contribution in [2.75, 3.05) is 13.7 Å². The molecule has 1 amide bonds. The molecule has 0 aliphatic heterocycles. The van der Waals surface area contributed by atoms with Gasteiger partial charge in [-0.05, 0) is 91.8 Å². The molecule has 3 aromatic carbocycles. The zero-order valence-electron chi connectivity index (χ0n) is 24.5. The van der Waals surface area contributed by atoms with Crippen LogP contribution in [0.3, 0.4) is 0 Å². The minimum Gasteiger partial charge on any atom is -0.497 e. The van der Waals surface area contributed by atoms with Gasteiger partial charge in [-0.1, -0.05) is 47.5 Å². The van der Waals surface area contributed by atoms with Crippen molar-refractivity contribution < 1.29 is 23.0 Å². The Labute approximate surface area is 258 Å². The monoisotopic (exact) mass is 651 g/mol. The standard InChI is InChI=1S/C34H36BrF2N3O3/c1-3-4-23-17-27(29(36)30(37)31(23)43-20-22-5-9-26(42-2)10-6-22)32(41)38-21-33-11-14-34(15-12-33,16-13-33)40-19-24-7-8-25(35)18-28(24)39-40/h5-10,17-19H,3-4,11-16,20-21H2,1-2H3,(H,38,41). The van der Waals surface area contributed by atoms with Crippen LogP contribution in [0.4, 0.5) is 8.78 Å². The van der Waals surface area contributed by atoms with Crippen molar-refractivity contribution in [3.8, 4) is 11.5 Å². The summed E-state index contributed by atoms with van der Waals surface area (Å²) in [6, 6.07) is 14.8. The Bertz CT molecular complexity index is 1630. The highest BCUT2D eigenvalue weighted by atomic mass is 79.9. The van der Waals surface area contributed by atoms with E-state index < -0.39 is 17.5 Å². The van der Waals surface area contributed by atoms with E-state index in [-0.39, 0.29) is 28.9 Å². The van der Waals surface area contributed by atoms with Gasteiger partial charge in [-0.2, -0.15) is 9.49 Å². The van der Waals surface area contributed by atoms with Gasteiger partial charge in [-0.3, -0.25) is 9.48 Å². The van der Waals surface area contributed by atoms with E-state index in [4.69, 9.17) is 14.6 Å². The lowest BCUT2D eigenvalue weighted by atomic mass is 9.57. The number of methoxy groups -OCH3 is 1. The lowest BCUT2D eigenvalue weighted by Crippen LogP contribution is -2.51. The first-order chi connectivity index (χ1) is 20.7. The Hall–Kier alpha value is -3.46. The van der Waals surface area contributed by atoms with Gasteiger partial charge in [0.1, 0.15) is 12.4 Å². The second-order valence-electron chi connectivity index (χ2n) is 12.1. The van der Waals surface area contributed by atoms with Crippen LogP contribution in [0.5, 0.6) is 11.5 Å². The van der Waals surface area contributed by atoms with Crippen molar-refractivity contribution in [3.63, 3.8) is 0 Å². The largest absolute Gasteiger partial charge is 0.497 e. The number of hydrogen-bond acceptors (Lipinski definition) is 4. The van der Waals surface area contributed by atoms with E-state index in [2.05, 4.69) is 38.2 Å². The smallest absolute Gasteiger partial charge is 0.254 e. The summed E-state index contributed by atoms with van der Waals surface area (Å²) in [5.41, 5.74) is 1.93. The number of nitrogens with zero attached hydrogens (tertiary/aromatic N) is 2. The summed E-state index contributed by atoms with van der Waals surface area (Å²) in [6.45, 7) is 2.46. The van der Waals surface area contributed by atoms with Gasteiger partial charge >= 0.3 is 0 Å². The zero-order chi connectivity index (χ0) is 30.2. The first kappa shape index (κ1) is 29.6. The van der Waals surface area contributed by atoms with Gasteiger partial charge in [0.05, 0.1) is 23.7 Å². The van der Waals surface area contributed by atoms with Crippen molar-refractivity contribution in [1.82, 2.24) is 15.1 Å². The molecule has 0 atom stereocenters. The quantitative estimate of drug-likeness (QED) is 0.188. The fraction of sp³-hybridized carbons (Fsp3) is 0.412. The maximum atomic E-state index is 15.4. The summed E-state index contributed by atoms with van der Waals surface area (Å²) < 4.78 is 44.8. The van der Waals surface area contributed by atoms with Crippen molar-refractivity contribution in [2.24, 2.45) is 5.41 Å². The van der Waals surface area contributed by atoms with Crippen LogP contribution in [0, 0.1) is 17.0 Å². The molecular weight excluding hydrogens is 616 g/mol. The topological polar surface area (TPSA) is 65.4 Å². The SMILES string of the molecule is CCCc1cc(C(=O)NCC23CCC(n4cc5ccc(Br)cc5n4)(CC2)CC3)c(F)c(F)c1OCc1ccc(OC)cc1. The van der Waals surface area contributed by atoms with E-state index in [1.54, 1.807) is 19.2 Å². The highest BCUT2D eigenvalue weighted by Gasteiger charge is 2.50. The number of aromatic nitrogens is 2. The molecule has 3 saturated carbocycles. The number of hydrogen-bond donors (Lipinski definition) is 1. The molecule has 3 aliphatic rings. The average molecular weight is 653 g/mol. The van der Waals surface area contributed by atoms with E-state index in [0.717, 1.165) is 59.5 Å². The third kappa shape index (κ3) is 5.76. The van der Waals surface area contributed by atoms with E-state index in [1.807, 2.05) is 31.2 Å². The second kappa shape index (κ2) is 11.9. The number of carbonyl (C=O) groups is 1. The minimum atomic E-state index is -1.18. The lowest BCUT2D eigenvalue weighted by Gasteiger charge is -2.53. The van der Waals surface area contributed by atoms with Gasteiger partial charge in [0.15, 0.2) is 11.6 Å². The summed E-state index contributed by atoms with van der Waals surface area (Å²) in [7, 11) is 1.58. The Morgan fingerprint density at radius 1 is 1.02 bits per heavy atom. The first-order valence-corrected chi connectivity index (χ1v) is 15.7. The molecule has 2 bridgehead atoms. The highest BCUT2D eigenvalue weighted by Crippen LogP contribution is 2.55. The van der Waals surface area contributed by atoms with E-state index in [0.29, 0.717) is 30.7 Å². The molecule has 4 aromatic rings. The summed E-state index contributed by atoms with van der Waals surface area (Å²) in [6.07, 6.45) is 9.07. The average Bonchev–Trinajstić information content (AvgIpc) is 3.47. The van der Waals surface area contributed by atoms with Crippen molar-refractivity contribution >= 4 is 32.7 Å². The van der Waals surface area contributed by atoms with E-state index in [9.17, 15) is 4.79 Å². The van der Waals surface area contributed by atoms with Crippen LogP contribution < -0.4 is 14.8 Å². The van der Waals surface area contributed by atoms with Crippen LogP contribution >= 0.6 is 15.9 Å².